The topological polar surface area (TPSA) is 46.6 Å². The number of hydrogen-bond donors (Lipinski definition) is 0. The molecule has 0 N–H and O–H groups in total. The van der Waals surface area contributed by atoms with Crippen LogP contribution in [0.25, 0.3) is 0 Å². The second-order valence-electron chi connectivity index (χ2n) is 6.93. The zero-order valence-corrected chi connectivity index (χ0v) is 15.4. The van der Waals surface area contributed by atoms with E-state index in [4.69, 9.17) is 4.74 Å². The lowest BCUT2D eigenvalue weighted by Gasteiger charge is -2.22. The lowest BCUT2D eigenvalue weighted by molar-refractivity contribution is -0.138. The molecule has 0 aromatic heterocycles. The predicted molar refractivity (Wildman–Crippen MR) is 101 cm³/mol. The minimum atomic E-state index is -0.0532. The van der Waals surface area contributed by atoms with Crippen LogP contribution in [0.5, 0.6) is 5.75 Å². The molecule has 2 amide bonds. The van der Waals surface area contributed by atoms with E-state index in [-0.39, 0.29) is 23.8 Å². The van der Waals surface area contributed by atoms with Crippen LogP contribution in [-0.2, 0) is 9.59 Å². The largest absolute Gasteiger partial charge is 0.491 e. The number of carbonyl (C=O) groups is 2. The van der Waals surface area contributed by atoms with Crippen molar-refractivity contribution in [1.82, 2.24) is 4.90 Å². The average molecular weight is 351 g/mol. The van der Waals surface area contributed by atoms with Crippen LogP contribution >= 0.6 is 0 Å². The summed E-state index contributed by atoms with van der Waals surface area (Å²) in [5.41, 5.74) is 2.34. The Morgan fingerprint density at radius 1 is 0.885 bits per heavy atom. The third-order valence-electron chi connectivity index (χ3n) is 4.65. The van der Waals surface area contributed by atoms with Crippen molar-refractivity contribution < 1.29 is 14.3 Å². The molecule has 3 rings (SSSR count). The van der Waals surface area contributed by atoms with Gasteiger partial charge in [-0.2, -0.15) is 0 Å². The molecule has 0 saturated carbocycles. The first-order valence-electron chi connectivity index (χ1n) is 9.19. The maximum atomic E-state index is 11.9. The highest BCUT2D eigenvalue weighted by molar-refractivity contribution is 6.01. The Kier molecular flexibility index (Phi) is 5.71. The molecule has 4 nitrogen and oxygen atoms in total. The van der Waals surface area contributed by atoms with E-state index in [1.165, 1.54) is 10.5 Å². The van der Waals surface area contributed by atoms with Gasteiger partial charge in [0.25, 0.3) is 0 Å². The van der Waals surface area contributed by atoms with Crippen LogP contribution in [0.3, 0.4) is 0 Å². The summed E-state index contributed by atoms with van der Waals surface area (Å²) < 4.78 is 5.73. The van der Waals surface area contributed by atoms with Gasteiger partial charge in [0, 0.05) is 25.3 Å². The van der Waals surface area contributed by atoms with Crippen LogP contribution in [0.1, 0.15) is 50.2 Å². The highest BCUT2D eigenvalue weighted by Gasteiger charge is 2.29. The lowest BCUT2D eigenvalue weighted by atomic mass is 9.88. The van der Waals surface area contributed by atoms with Gasteiger partial charge in [0.1, 0.15) is 5.75 Å². The molecule has 26 heavy (non-hydrogen) atoms. The monoisotopic (exact) mass is 351 g/mol. The van der Waals surface area contributed by atoms with E-state index in [2.05, 4.69) is 24.3 Å². The second kappa shape index (κ2) is 8.17. The van der Waals surface area contributed by atoms with E-state index < -0.39 is 0 Å². The molecule has 0 unspecified atom stereocenters. The second-order valence-corrected chi connectivity index (χ2v) is 6.93. The summed E-state index contributed by atoms with van der Waals surface area (Å²) in [6.07, 6.45) is 1.54. The van der Waals surface area contributed by atoms with Crippen LogP contribution in [0.4, 0.5) is 0 Å². The number of amides is 2. The summed E-state index contributed by atoms with van der Waals surface area (Å²) in [7, 11) is 0. The van der Waals surface area contributed by atoms with Crippen molar-refractivity contribution in [2.45, 2.75) is 45.1 Å². The van der Waals surface area contributed by atoms with Crippen LogP contribution in [-0.4, -0.2) is 29.4 Å². The molecule has 1 atom stereocenters. The third kappa shape index (κ3) is 4.31. The van der Waals surface area contributed by atoms with Crippen LogP contribution in [0.2, 0.25) is 0 Å². The van der Waals surface area contributed by atoms with Crippen molar-refractivity contribution in [3.8, 4) is 5.75 Å². The van der Waals surface area contributed by atoms with Gasteiger partial charge in [-0.3, -0.25) is 14.5 Å². The summed E-state index contributed by atoms with van der Waals surface area (Å²) in [4.78, 5) is 25.2. The molecule has 136 valence electrons. The molecule has 0 aliphatic carbocycles. The van der Waals surface area contributed by atoms with E-state index in [0.717, 1.165) is 11.3 Å². The molecule has 0 radical (unpaired) electrons. The molecule has 1 aliphatic heterocycles. The first kappa shape index (κ1) is 18.2. The first-order chi connectivity index (χ1) is 12.5. The molecule has 1 heterocycles. The number of imide groups is 1. The number of hydrogen-bond acceptors (Lipinski definition) is 3. The molecule has 2 aromatic carbocycles. The van der Waals surface area contributed by atoms with E-state index in [0.29, 0.717) is 25.8 Å². The van der Waals surface area contributed by atoms with Crippen molar-refractivity contribution in [2.24, 2.45) is 0 Å². The smallest absolute Gasteiger partial charge is 0.229 e. The zero-order valence-electron chi connectivity index (χ0n) is 15.4. The Morgan fingerprint density at radius 2 is 1.46 bits per heavy atom. The quantitative estimate of drug-likeness (QED) is 0.704. The molecular formula is C22H25NO3. The van der Waals surface area contributed by atoms with Gasteiger partial charge in [-0.15, -0.1) is 0 Å². The fourth-order valence-electron chi connectivity index (χ4n) is 3.39. The molecule has 0 spiro atoms. The highest BCUT2D eigenvalue weighted by atomic mass is 16.5. The minimum absolute atomic E-state index is 0.0532. The van der Waals surface area contributed by atoms with Gasteiger partial charge in [0.2, 0.25) is 11.8 Å². The SMILES string of the molecule is CC(C)Oc1ccc([C@H](CCN2C(=O)CCC2=O)c2ccccc2)cc1. The maximum absolute atomic E-state index is 11.9. The van der Waals surface area contributed by atoms with Gasteiger partial charge in [0.05, 0.1) is 6.10 Å². The summed E-state index contributed by atoms with van der Waals surface area (Å²) >= 11 is 0. The van der Waals surface area contributed by atoms with Gasteiger partial charge < -0.3 is 4.74 Å². The molecule has 2 aromatic rings. The molecular weight excluding hydrogens is 326 g/mol. The van der Waals surface area contributed by atoms with E-state index >= 15 is 0 Å². The lowest BCUT2D eigenvalue weighted by Crippen LogP contribution is -2.31. The normalized spacial score (nSPS) is 15.6. The van der Waals surface area contributed by atoms with Crippen LogP contribution < -0.4 is 4.74 Å². The highest BCUT2D eigenvalue weighted by Crippen LogP contribution is 2.30. The van der Waals surface area contributed by atoms with E-state index in [1.54, 1.807) is 0 Å². The fourth-order valence-corrected chi connectivity index (χ4v) is 3.39. The van der Waals surface area contributed by atoms with Gasteiger partial charge >= 0.3 is 0 Å². The fraction of sp³-hybridized carbons (Fsp3) is 0.364. The number of nitrogens with zero attached hydrogens (tertiary/aromatic N) is 1. The van der Waals surface area contributed by atoms with Crippen LogP contribution in [0, 0.1) is 0 Å². The van der Waals surface area contributed by atoms with Crippen molar-refractivity contribution in [1.29, 1.82) is 0 Å². The van der Waals surface area contributed by atoms with Gasteiger partial charge in [0.15, 0.2) is 0 Å². The average Bonchev–Trinajstić information content (AvgIpc) is 2.95. The van der Waals surface area contributed by atoms with Gasteiger partial charge in [-0.05, 0) is 43.5 Å². The summed E-state index contributed by atoms with van der Waals surface area (Å²) in [5.74, 6) is 0.871. The molecule has 1 fully saturated rings. The number of ether oxygens (including phenoxy) is 1. The third-order valence-corrected chi connectivity index (χ3v) is 4.65. The van der Waals surface area contributed by atoms with Crippen molar-refractivity contribution in [3.05, 3.63) is 65.7 Å². The Bertz CT molecular complexity index is 737. The first-order valence-corrected chi connectivity index (χ1v) is 9.19. The summed E-state index contributed by atoms with van der Waals surface area (Å²) in [5, 5.41) is 0. The Morgan fingerprint density at radius 3 is 2.04 bits per heavy atom. The number of benzene rings is 2. The Balaban J connectivity index is 1.80. The van der Waals surface area contributed by atoms with Crippen molar-refractivity contribution in [2.75, 3.05) is 6.54 Å². The van der Waals surface area contributed by atoms with Crippen LogP contribution in [0.15, 0.2) is 54.6 Å². The number of likely N-dealkylation sites (tertiary alicyclic amines) is 1. The minimum Gasteiger partial charge on any atom is -0.491 e. The van der Waals surface area contributed by atoms with Crippen molar-refractivity contribution >= 4 is 11.8 Å². The van der Waals surface area contributed by atoms with Gasteiger partial charge in [-0.25, -0.2) is 0 Å². The molecule has 4 heteroatoms. The maximum Gasteiger partial charge on any atom is 0.229 e. The standard InChI is InChI=1S/C22H25NO3/c1-16(2)26-19-10-8-18(9-11-19)20(17-6-4-3-5-7-17)14-15-23-21(24)12-13-22(23)25/h3-11,16,20H,12-15H2,1-2H3/t20-/m1/s1. The van der Waals surface area contributed by atoms with Crippen molar-refractivity contribution in [3.63, 3.8) is 0 Å². The summed E-state index contributed by atoms with van der Waals surface area (Å²) in [6.45, 7) is 4.47. The molecule has 1 saturated heterocycles. The van der Waals surface area contributed by atoms with E-state index in [9.17, 15) is 9.59 Å². The number of rotatable bonds is 7. The Labute approximate surface area is 154 Å². The summed E-state index contributed by atoms with van der Waals surface area (Å²) in [6, 6.07) is 18.3. The van der Waals surface area contributed by atoms with E-state index in [1.807, 2.05) is 44.2 Å². The molecule has 1 aliphatic rings. The predicted octanol–water partition coefficient (Wildman–Crippen LogP) is 4.14. The Hall–Kier alpha value is -2.62. The number of carbonyl (C=O) groups excluding carboxylic acids is 2. The molecule has 0 bridgehead atoms. The zero-order chi connectivity index (χ0) is 18.5. The van der Waals surface area contributed by atoms with Gasteiger partial charge in [-0.1, -0.05) is 42.5 Å².